The Hall–Kier alpha value is -1.88. The van der Waals surface area contributed by atoms with Crippen LogP contribution in [0.2, 0.25) is 5.02 Å². The highest BCUT2D eigenvalue weighted by Gasteiger charge is 2.36. The number of halogens is 1. The third-order valence-electron chi connectivity index (χ3n) is 4.65. The standard InChI is InChI=1S/C15H20ClNO3.C7H8/c1-3-13(10(2)18)17-14(8-20-9-15(17)19)11-4-6-12(16)7-5-11;1-7-5-3-2-4-6-7/h4-7,10,13-14,18H,3,8-9H2,1-2H3;2-6H,1H3. The Kier molecular flexibility index (Phi) is 8.29. The van der Waals surface area contributed by atoms with E-state index in [2.05, 4.69) is 19.1 Å². The van der Waals surface area contributed by atoms with Gasteiger partial charge in [-0.3, -0.25) is 4.79 Å². The maximum Gasteiger partial charge on any atom is 0.249 e. The lowest BCUT2D eigenvalue weighted by Gasteiger charge is -2.42. The first-order valence-electron chi connectivity index (χ1n) is 9.28. The molecule has 0 radical (unpaired) electrons. The zero-order valence-electron chi connectivity index (χ0n) is 16.1. The molecule has 3 atom stereocenters. The quantitative estimate of drug-likeness (QED) is 0.843. The van der Waals surface area contributed by atoms with Gasteiger partial charge in [0.15, 0.2) is 0 Å². The molecule has 1 amide bonds. The number of amides is 1. The Labute approximate surface area is 166 Å². The van der Waals surface area contributed by atoms with E-state index in [0.717, 1.165) is 5.56 Å². The van der Waals surface area contributed by atoms with Crippen molar-refractivity contribution < 1.29 is 14.6 Å². The van der Waals surface area contributed by atoms with Crippen molar-refractivity contribution in [2.75, 3.05) is 13.2 Å². The first kappa shape index (κ1) is 21.4. The van der Waals surface area contributed by atoms with Crippen LogP contribution in [-0.4, -0.2) is 41.3 Å². The summed E-state index contributed by atoms with van der Waals surface area (Å²) in [6.07, 6.45) is 0.130. The van der Waals surface area contributed by atoms with Gasteiger partial charge in [-0.05, 0) is 38.0 Å². The van der Waals surface area contributed by atoms with Crippen LogP contribution in [0, 0.1) is 6.92 Å². The third-order valence-corrected chi connectivity index (χ3v) is 4.90. The molecule has 1 aliphatic heterocycles. The molecule has 3 rings (SSSR count). The van der Waals surface area contributed by atoms with Gasteiger partial charge in [0.25, 0.3) is 0 Å². The Morgan fingerprint density at radius 2 is 1.81 bits per heavy atom. The first-order valence-corrected chi connectivity index (χ1v) is 9.66. The molecule has 3 unspecified atom stereocenters. The summed E-state index contributed by atoms with van der Waals surface area (Å²) in [4.78, 5) is 14.0. The number of benzene rings is 2. The molecule has 0 bridgehead atoms. The molecule has 0 saturated carbocycles. The van der Waals surface area contributed by atoms with Crippen molar-refractivity contribution in [3.05, 3.63) is 70.7 Å². The molecule has 2 aromatic carbocycles. The van der Waals surface area contributed by atoms with Crippen LogP contribution in [0.5, 0.6) is 0 Å². The molecule has 1 fully saturated rings. The first-order chi connectivity index (χ1) is 12.9. The number of aliphatic hydroxyl groups excluding tert-OH is 1. The van der Waals surface area contributed by atoms with Crippen LogP contribution in [0.3, 0.4) is 0 Å². The Morgan fingerprint density at radius 1 is 1.19 bits per heavy atom. The van der Waals surface area contributed by atoms with Crippen molar-refractivity contribution in [1.29, 1.82) is 0 Å². The lowest BCUT2D eigenvalue weighted by molar-refractivity contribution is -0.156. The molecule has 0 aromatic heterocycles. The van der Waals surface area contributed by atoms with E-state index < -0.39 is 6.10 Å². The summed E-state index contributed by atoms with van der Waals surface area (Å²) in [5.41, 5.74) is 2.30. The number of carbonyl (C=O) groups is 1. The van der Waals surface area contributed by atoms with Crippen molar-refractivity contribution in [2.24, 2.45) is 0 Å². The van der Waals surface area contributed by atoms with E-state index in [1.165, 1.54) is 5.56 Å². The Balaban J connectivity index is 0.000000313. The number of morpholine rings is 1. The summed E-state index contributed by atoms with van der Waals surface area (Å²) < 4.78 is 5.38. The minimum atomic E-state index is -0.572. The van der Waals surface area contributed by atoms with Gasteiger partial charge in [0.05, 0.1) is 24.8 Å². The van der Waals surface area contributed by atoms with E-state index in [-0.39, 0.29) is 24.6 Å². The number of ether oxygens (including phenoxy) is 1. The van der Waals surface area contributed by atoms with Crippen molar-refractivity contribution in [1.82, 2.24) is 4.90 Å². The summed E-state index contributed by atoms with van der Waals surface area (Å²) in [6.45, 7) is 6.29. The highest BCUT2D eigenvalue weighted by atomic mass is 35.5. The van der Waals surface area contributed by atoms with Gasteiger partial charge in [-0.2, -0.15) is 0 Å². The number of hydrogen-bond acceptors (Lipinski definition) is 3. The molecule has 1 N–H and O–H groups in total. The van der Waals surface area contributed by atoms with Crippen LogP contribution < -0.4 is 0 Å². The average Bonchev–Trinajstić information content (AvgIpc) is 2.65. The van der Waals surface area contributed by atoms with Gasteiger partial charge in [0.1, 0.15) is 6.61 Å². The second-order valence-electron chi connectivity index (χ2n) is 6.75. The van der Waals surface area contributed by atoms with E-state index in [1.54, 1.807) is 24.0 Å². The SMILES string of the molecule is CCC(C(C)O)N1C(=O)COCC1c1ccc(Cl)cc1.Cc1ccccc1. The van der Waals surface area contributed by atoms with Crippen LogP contribution in [0.1, 0.15) is 37.4 Å². The summed E-state index contributed by atoms with van der Waals surface area (Å²) in [5, 5.41) is 10.6. The number of carbonyl (C=O) groups excluding carboxylic acids is 1. The highest BCUT2D eigenvalue weighted by molar-refractivity contribution is 6.30. The molecule has 1 aliphatic rings. The second-order valence-corrected chi connectivity index (χ2v) is 7.19. The molecule has 1 saturated heterocycles. The van der Waals surface area contributed by atoms with Crippen LogP contribution in [0.25, 0.3) is 0 Å². The van der Waals surface area contributed by atoms with Crippen LogP contribution in [0.15, 0.2) is 54.6 Å². The van der Waals surface area contributed by atoms with Gasteiger partial charge in [0.2, 0.25) is 5.91 Å². The normalized spacial score (nSPS) is 19.1. The molecular formula is C22H28ClNO3. The van der Waals surface area contributed by atoms with Gasteiger partial charge >= 0.3 is 0 Å². The van der Waals surface area contributed by atoms with E-state index in [1.807, 2.05) is 37.3 Å². The molecule has 0 aliphatic carbocycles. The fourth-order valence-corrected chi connectivity index (χ4v) is 3.37. The minimum Gasteiger partial charge on any atom is -0.391 e. The highest BCUT2D eigenvalue weighted by Crippen LogP contribution is 2.29. The lowest BCUT2D eigenvalue weighted by atomic mass is 9.99. The topological polar surface area (TPSA) is 49.8 Å². The number of nitrogens with zero attached hydrogens (tertiary/aromatic N) is 1. The zero-order valence-corrected chi connectivity index (χ0v) is 16.9. The second kappa shape index (κ2) is 10.5. The molecule has 27 heavy (non-hydrogen) atoms. The average molecular weight is 390 g/mol. The largest absolute Gasteiger partial charge is 0.391 e. The predicted molar refractivity (Wildman–Crippen MR) is 109 cm³/mol. The number of hydrogen-bond donors (Lipinski definition) is 1. The Morgan fingerprint density at radius 3 is 2.30 bits per heavy atom. The molecule has 5 heteroatoms. The summed E-state index contributed by atoms with van der Waals surface area (Å²) >= 11 is 5.90. The minimum absolute atomic E-state index is 0.0767. The van der Waals surface area contributed by atoms with Crippen molar-refractivity contribution >= 4 is 17.5 Å². The molecule has 0 spiro atoms. The summed E-state index contributed by atoms with van der Waals surface area (Å²) in [7, 11) is 0. The van der Waals surface area contributed by atoms with E-state index in [4.69, 9.17) is 16.3 Å². The number of rotatable bonds is 4. The van der Waals surface area contributed by atoms with Gasteiger partial charge < -0.3 is 14.7 Å². The maximum absolute atomic E-state index is 12.2. The molecular weight excluding hydrogens is 362 g/mol. The van der Waals surface area contributed by atoms with Crippen LogP contribution >= 0.6 is 11.6 Å². The Bertz CT molecular complexity index is 703. The maximum atomic E-state index is 12.2. The predicted octanol–water partition coefficient (Wildman–Crippen LogP) is 4.39. The fraction of sp³-hybridized carbons (Fsp3) is 0.409. The molecule has 4 nitrogen and oxygen atoms in total. The van der Waals surface area contributed by atoms with Crippen molar-refractivity contribution in [3.8, 4) is 0 Å². The zero-order chi connectivity index (χ0) is 19.8. The van der Waals surface area contributed by atoms with Gasteiger partial charge in [-0.15, -0.1) is 0 Å². The number of aliphatic hydroxyl groups is 1. The van der Waals surface area contributed by atoms with Gasteiger partial charge in [-0.1, -0.05) is 66.6 Å². The van der Waals surface area contributed by atoms with E-state index in [9.17, 15) is 9.90 Å². The molecule has 2 aromatic rings. The molecule has 1 heterocycles. The van der Waals surface area contributed by atoms with Crippen molar-refractivity contribution in [2.45, 2.75) is 45.4 Å². The number of aryl methyl sites for hydroxylation is 1. The van der Waals surface area contributed by atoms with Gasteiger partial charge in [-0.25, -0.2) is 0 Å². The van der Waals surface area contributed by atoms with Crippen molar-refractivity contribution in [3.63, 3.8) is 0 Å². The summed E-state index contributed by atoms with van der Waals surface area (Å²) in [5.74, 6) is -0.0797. The van der Waals surface area contributed by atoms with E-state index >= 15 is 0 Å². The lowest BCUT2D eigenvalue weighted by Crippen LogP contribution is -2.53. The molecule has 146 valence electrons. The monoisotopic (exact) mass is 389 g/mol. The fourth-order valence-electron chi connectivity index (χ4n) is 3.25. The smallest absolute Gasteiger partial charge is 0.249 e. The van der Waals surface area contributed by atoms with Crippen LogP contribution in [-0.2, 0) is 9.53 Å². The third kappa shape index (κ3) is 6.06. The summed E-state index contributed by atoms with van der Waals surface area (Å²) in [6, 6.07) is 17.3. The van der Waals surface area contributed by atoms with Gasteiger partial charge in [0, 0.05) is 5.02 Å². The van der Waals surface area contributed by atoms with Crippen LogP contribution in [0.4, 0.5) is 0 Å². The van der Waals surface area contributed by atoms with E-state index in [0.29, 0.717) is 18.1 Å².